The van der Waals surface area contributed by atoms with Gasteiger partial charge in [0.2, 0.25) is 0 Å². The maximum Gasteiger partial charge on any atom is 1.00 e. The van der Waals surface area contributed by atoms with Crippen LogP contribution in [-0.4, -0.2) is 12.9 Å². The molecule has 0 aliphatic rings. The molecule has 0 saturated heterocycles. The molecule has 0 aromatic carbocycles. The van der Waals surface area contributed by atoms with Crippen LogP contribution in [0.2, 0.25) is 0 Å². The first-order valence-electron chi connectivity index (χ1n) is 3.27. The average Bonchev–Trinajstić information content (AvgIpc) is 1.79. The first-order chi connectivity index (χ1) is 5.31. The van der Waals surface area contributed by atoms with E-state index in [0.717, 1.165) is 5.57 Å². The normalized spacial score (nSPS) is 12.3. The molecule has 0 aromatic rings. The van der Waals surface area contributed by atoms with Crippen molar-refractivity contribution in [1.82, 2.24) is 0 Å². The second kappa shape index (κ2) is 11.2. The maximum absolute atomic E-state index is 10.0. The standard InChI is InChI=1S/C6H13O5P.2K/c1-5(2)4-10-6(3)11-12(7,8)9;;/h6H,1,4H2,2-3H3,(H2,7,8,9);;/q;2*+1/p-2. The van der Waals surface area contributed by atoms with Gasteiger partial charge in [0.25, 0.3) is 0 Å². The molecule has 0 N–H and O–H groups in total. The Morgan fingerprint density at radius 2 is 1.93 bits per heavy atom. The Morgan fingerprint density at radius 3 is 2.21 bits per heavy atom. The number of rotatable bonds is 5. The minimum absolute atomic E-state index is 0. The third-order valence-electron chi connectivity index (χ3n) is 0.842. The van der Waals surface area contributed by atoms with Gasteiger partial charge in [-0.2, -0.15) is 0 Å². The largest absolute Gasteiger partial charge is 1.00 e. The Kier molecular flexibility index (Phi) is 17.8. The van der Waals surface area contributed by atoms with Crippen LogP contribution in [0.5, 0.6) is 0 Å². The van der Waals surface area contributed by atoms with Crippen LogP contribution >= 0.6 is 7.82 Å². The van der Waals surface area contributed by atoms with E-state index in [1.807, 2.05) is 0 Å². The minimum Gasteiger partial charge on any atom is -0.790 e. The van der Waals surface area contributed by atoms with Gasteiger partial charge in [0.05, 0.1) is 14.4 Å². The molecule has 0 aromatic heterocycles. The Labute approximate surface area is 169 Å². The Balaban J connectivity index is -0.000000605. The van der Waals surface area contributed by atoms with E-state index < -0.39 is 14.1 Å². The van der Waals surface area contributed by atoms with Gasteiger partial charge in [-0.25, -0.2) is 0 Å². The summed E-state index contributed by atoms with van der Waals surface area (Å²) in [4.78, 5) is 20.1. The molecule has 8 heteroatoms. The molecule has 0 saturated carbocycles. The van der Waals surface area contributed by atoms with Gasteiger partial charge in [-0.05, 0) is 13.8 Å². The fourth-order valence-corrected chi connectivity index (χ4v) is 0.896. The Hall–Kier alpha value is 3.08. The second-order valence-electron chi connectivity index (χ2n) is 2.39. The molecule has 14 heavy (non-hydrogen) atoms. The zero-order valence-electron chi connectivity index (χ0n) is 8.98. The molecule has 0 bridgehead atoms. The van der Waals surface area contributed by atoms with Crippen molar-refractivity contribution in [2.45, 2.75) is 20.1 Å². The fraction of sp³-hybridized carbons (Fsp3) is 0.667. The first-order valence-corrected chi connectivity index (χ1v) is 4.74. The van der Waals surface area contributed by atoms with Gasteiger partial charge in [-0.15, -0.1) is 0 Å². The number of ether oxygens (including phenoxy) is 1. The molecule has 1 atom stereocenters. The summed E-state index contributed by atoms with van der Waals surface area (Å²) in [6.07, 6.45) is -1.05. The van der Waals surface area contributed by atoms with E-state index >= 15 is 0 Å². The smallest absolute Gasteiger partial charge is 0.790 e. The quantitative estimate of drug-likeness (QED) is 0.215. The van der Waals surface area contributed by atoms with E-state index in [-0.39, 0.29) is 109 Å². The van der Waals surface area contributed by atoms with Gasteiger partial charge < -0.3 is 23.6 Å². The summed E-state index contributed by atoms with van der Waals surface area (Å²) in [5, 5.41) is 0. The fourth-order valence-electron chi connectivity index (χ4n) is 0.472. The van der Waals surface area contributed by atoms with Crippen LogP contribution in [-0.2, 0) is 13.8 Å². The van der Waals surface area contributed by atoms with Crippen molar-refractivity contribution < 1.29 is 126 Å². The predicted molar refractivity (Wildman–Crippen MR) is 38.9 cm³/mol. The average molecular weight is 272 g/mol. The minimum atomic E-state index is -4.94. The van der Waals surface area contributed by atoms with Crippen molar-refractivity contribution in [3.8, 4) is 0 Å². The summed E-state index contributed by atoms with van der Waals surface area (Å²) in [6.45, 7) is 6.72. The zero-order chi connectivity index (χ0) is 9.78. The molecule has 0 radical (unpaired) electrons. The van der Waals surface area contributed by atoms with E-state index in [2.05, 4.69) is 11.1 Å². The molecule has 5 nitrogen and oxygen atoms in total. The van der Waals surface area contributed by atoms with Crippen LogP contribution in [0, 0.1) is 0 Å². The van der Waals surface area contributed by atoms with E-state index in [4.69, 9.17) is 4.74 Å². The summed E-state index contributed by atoms with van der Waals surface area (Å²) in [5.74, 6) is 0. The summed E-state index contributed by atoms with van der Waals surface area (Å²) >= 11 is 0. The van der Waals surface area contributed by atoms with Crippen molar-refractivity contribution in [3.63, 3.8) is 0 Å². The SMILES string of the molecule is C=C(C)COC(C)OP(=O)([O-])[O-].[K+].[K+]. The number of hydrogen-bond donors (Lipinski definition) is 0. The van der Waals surface area contributed by atoms with Gasteiger partial charge in [0.1, 0.15) is 0 Å². The van der Waals surface area contributed by atoms with Gasteiger partial charge in [0, 0.05) is 0 Å². The summed E-state index contributed by atoms with van der Waals surface area (Å²) in [5.41, 5.74) is 0.720. The van der Waals surface area contributed by atoms with Crippen molar-refractivity contribution in [2.24, 2.45) is 0 Å². The first kappa shape index (κ1) is 22.3. The molecule has 0 amide bonds. The van der Waals surface area contributed by atoms with Crippen molar-refractivity contribution >= 4 is 7.82 Å². The van der Waals surface area contributed by atoms with Crippen molar-refractivity contribution in [2.75, 3.05) is 6.61 Å². The monoisotopic (exact) mass is 272 g/mol. The predicted octanol–water partition coefficient (Wildman–Crippen LogP) is -6.22. The van der Waals surface area contributed by atoms with E-state index in [9.17, 15) is 14.4 Å². The zero-order valence-corrected chi connectivity index (χ0v) is 16.1. The van der Waals surface area contributed by atoms with Gasteiger partial charge in [0.15, 0.2) is 6.29 Å². The Bertz CT molecular complexity index is 204. The molecule has 0 fully saturated rings. The molecule has 0 aliphatic heterocycles. The van der Waals surface area contributed by atoms with E-state index in [1.54, 1.807) is 6.92 Å². The summed E-state index contributed by atoms with van der Waals surface area (Å²) in [7, 11) is -4.94. The third kappa shape index (κ3) is 17.5. The van der Waals surface area contributed by atoms with Gasteiger partial charge in [-0.3, -0.25) is 0 Å². The van der Waals surface area contributed by atoms with Gasteiger partial charge in [-0.1, -0.05) is 12.2 Å². The van der Waals surface area contributed by atoms with E-state index in [0.29, 0.717) is 0 Å². The van der Waals surface area contributed by atoms with Crippen LogP contribution in [0.3, 0.4) is 0 Å². The number of hydrogen-bond acceptors (Lipinski definition) is 5. The summed E-state index contributed by atoms with van der Waals surface area (Å²) < 4.78 is 18.8. The molecule has 0 heterocycles. The van der Waals surface area contributed by atoms with Gasteiger partial charge >= 0.3 is 103 Å². The molecular weight excluding hydrogens is 261 g/mol. The number of phosphoric ester groups is 1. The topological polar surface area (TPSA) is 81.7 Å². The van der Waals surface area contributed by atoms with Crippen molar-refractivity contribution in [3.05, 3.63) is 12.2 Å². The molecular formula is C6H11K2O5P. The maximum atomic E-state index is 10.0. The Morgan fingerprint density at radius 1 is 1.50 bits per heavy atom. The molecule has 0 spiro atoms. The number of phosphoric acid groups is 1. The van der Waals surface area contributed by atoms with Crippen molar-refractivity contribution in [1.29, 1.82) is 0 Å². The van der Waals surface area contributed by atoms with Crippen LogP contribution in [0.15, 0.2) is 12.2 Å². The molecule has 0 aliphatic carbocycles. The van der Waals surface area contributed by atoms with Crippen LogP contribution < -0.4 is 113 Å². The van der Waals surface area contributed by atoms with Crippen LogP contribution in [0.4, 0.5) is 0 Å². The third-order valence-corrected chi connectivity index (χ3v) is 1.40. The van der Waals surface area contributed by atoms with Crippen LogP contribution in [0.25, 0.3) is 0 Å². The van der Waals surface area contributed by atoms with Crippen LogP contribution in [0.1, 0.15) is 13.8 Å². The second-order valence-corrected chi connectivity index (χ2v) is 3.49. The molecule has 72 valence electrons. The molecule has 1 unspecified atom stereocenters. The molecule has 0 rings (SSSR count). The summed E-state index contributed by atoms with van der Waals surface area (Å²) in [6, 6.07) is 0. The van der Waals surface area contributed by atoms with E-state index in [1.165, 1.54) is 6.92 Å².